The summed E-state index contributed by atoms with van der Waals surface area (Å²) in [6, 6.07) is 6.46. The maximum atomic E-state index is 13.1. The lowest BCUT2D eigenvalue weighted by molar-refractivity contribution is 0.102. The largest absolute Gasteiger partial charge is 0.322 e. The Balaban J connectivity index is 1.87. The summed E-state index contributed by atoms with van der Waals surface area (Å²) in [5.74, 6) is -2.38. The van der Waals surface area contributed by atoms with Crippen molar-refractivity contribution in [1.29, 1.82) is 0 Å². The van der Waals surface area contributed by atoms with Gasteiger partial charge in [0.15, 0.2) is 11.6 Å². The van der Waals surface area contributed by atoms with E-state index in [4.69, 9.17) is 0 Å². The molecule has 21 heavy (non-hydrogen) atoms. The minimum Gasteiger partial charge on any atom is -0.322 e. The number of aromatic nitrogens is 2. The molecule has 3 rings (SSSR count). The van der Waals surface area contributed by atoms with Crippen molar-refractivity contribution >= 4 is 17.2 Å². The number of anilines is 1. The Kier molecular flexibility index (Phi) is 3.13. The quantitative estimate of drug-likeness (QED) is 0.787. The fourth-order valence-electron chi connectivity index (χ4n) is 2.03. The molecule has 4 nitrogen and oxygen atoms in total. The molecule has 0 aliphatic rings. The SMILES string of the molecule is Cc1cn2ccc(C(=O)Nc3ccc(F)c(F)c3)cc2n1. The number of fused-ring (bicyclic) bond motifs is 1. The number of aryl methyl sites for hydroxylation is 1. The number of rotatable bonds is 2. The summed E-state index contributed by atoms with van der Waals surface area (Å²) in [4.78, 5) is 16.4. The van der Waals surface area contributed by atoms with Crippen molar-refractivity contribution in [2.45, 2.75) is 6.92 Å². The van der Waals surface area contributed by atoms with Crippen molar-refractivity contribution in [1.82, 2.24) is 9.38 Å². The van der Waals surface area contributed by atoms with Gasteiger partial charge in [0.05, 0.1) is 5.69 Å². The summed E-state index contributed by atoms with van der Waals surface area (Å²) in [6.07, 6.45) is 3.56. The van der Waals surface area contributed by atoms with Crippen LogP contribution in [0.25, 0.3) is 5.65 Å². The highest BCUT2D eigenvalue weighted by Gasteiger charge is 2.10. The van der Waals surface area contributed by atoms with Crippen LogP contribution >= 0.6 is 0 Å². The Morgan fingerprint density at radius 2 is 2.00 bits per heavy atom. The summed E-state index contributed by atoms with van der Waals surface area (Å²) < 4.78 is 27.7. The van der Waals surface area contributed by atoms with Gasteiger partial charge in [0.2, 0.25) is 0 Å². The van der Waals surface area contributed by atoms with Crippen molar-refractivity contribution in [2.75, 3.05) is 5.32 Å². The molecule has 3 aromatic rings. The fraction of sp³-hybridized carbons (Fsp3) is 0.0667. The van der Waals surface area contributed by atoms with Gasteiger partial charge in [-0.3, -0.25) is 4.79 Å². The van der Waals surface area contributed by atoms with Gasteiger partial charge in [0.25, 0.3) is 5.91 Å². The third-order valence-electron chi connectivity index (χ3n) is 3.02. The number of hydrogen-bond acceptors (Lipinski definition) is 2. The van der Waals surface area contributed by atoms with Gasteiger partial charge < -0.3 is 9.72 Å². The molecule has 1 amide bonds. The third-order valence-corrected chi connectivity index (χ3v) is 3.02. The molecule has 0 aliphatic heterocycles. The van der Waals surface area contributed by atoms with Crippen LogP contribution < -0.4 is 5.32 Å². The van der Waals surface area contributed by atoms with Gasteiger partial charge in [-0.15, -0.1) is 0 Å². The van der Waals surface area contributed by atoms with Crippen molar-refractivity contribution in [3.8, 4) is 0 Å². The molecular weight excluding hydrogens is 276 g/mol. The van der Waals surface area contributed by atoms with Crippen LogP contribution in [0.4, 0.5) is 14.5 Å². The normalized spacial score (nSPS) is 10.8. The van der Waals surface area contributed by atoms with E-state index in [2.05, 4.69) is 10.3 Å². The van der Waals surface area contributed by atoms with Gasteiger partial charge in [0.1, 0.15) is 5.65 Å². The van der Waals surface area contributed by atoms with E-state index in [9.17, 15) is 13.6 Å². The van der Waals surface area contributed by atoms with Gasteiger partial charge in [-0.05, 0) is 31.2 Å². The van der Waals surface area contributed by atoms with E-state index in [0.29, 0.717) is 11.2 Å². The van der Waals surface area contributed by atoms with Crippen molar-refractivity contribution in [3.05, 3.63) is 65.6 Å². The number of pyridine rings is 1. The fourth-order valence-corrected chi connectivity index (χ4v) is 2.03. The predicted octanol–water partition coefficient (Wildman–Crippen LogP) is 3.17. The maximum absolute atomic E-state index is 13.1. The molecule has 0 fully saturated rings. The lowest BCUT2D eigenvalue weighted by Gasteiger charge is -2.06. The standard InChI is InChI=1S/C15H11F2N3O/c1-9-8-20-5-4-10(6-14(20)18-9)15(21)19-11-2-3-12(16)13(17)7-11/h2-8H,1H3,(H,19,21). The van der Waals surface area contributed by atoms with E-state index in [1.807, 2.05) is 13.1 Å². The molecule has 1 N–H and O–H groups in total. The highest BCUT2D eigenvalue weighted by molar-refractivity contribution is 6.04. The summed E-state index contributed by atoms with van der Waals surface area (Å²) in [7, 11) is 0. The molecule has 6 heteroatoms. The smallest absolute Gasteiger partial charge is 0.255 e. The molecule has 106 valence electrons. The average Bonchev–Trinajstić information content (AvgIpc) is 2.82. The first kappa shape index (κ1) is 13.2. The number of carbonyl (C=O) groups excluding carboxylic acids is 1. The van der Waals surface area contributed by atoms with Gasteiger partial charge in [0, 0.05) is 29.7 Å². The Morgan fingerprint density at radius 1 is 1.19 bits per heavy atom. The van der Waals surface area contributed by atoms with Crippen LogP contribution in [-0.2, 0) is 0 Å². The molecule has 0 unspecified atom stereocenters. The van der Waals surface area contributed by atoms with E-state index >= 15 is 0 Å². The number of imidazole rings is 1. The van der Waals surface area contributed by atoms with Crippen LogP contribution in [-0.4, -0.2) is 15.3 Å². The van der Waals surface area contributed by atoms with E-state index in [0.717, 1.165) is 17.8 Å². The summed E-state index contributed by atoms with van der Waals surface area (Å²) in [5.41, 5.74) is 2.06. The van der Waals surface area contributed by atoms with E-state index in [-0.39, 0.29) is 5.69 Å². The van der Waals surface area contributed by atoms with Crippen LogP contribution in [0.15, 0.2) is 42.7 Å². The molecule has 1 aromatic carbocycles. The third kappa shape index (κ3) is 2.60. The monoisotopic (exact) mass is 287 g/mol. The predicted molar refractivity (Wildman–Crippen MR) is 74.2 cm³/mol. The zero-order valence-electron chi connectivity index (χ0n) is 11.1. The molecule has 2 heterocycles. The summed E-state index contributed by atoms with van der Waals surface area (Å²) in [5, 5.41) is 2.52. The highest BCUT2D eigenvalue weighted by atomic mass is 19.2. The van der Waals surface area contributed by atoms with E-state index < -0.39 is 17.5 Å². The molecule has 2 aromatic heterocycles. The second-order valence-corrected chi connectivity index (χ2v) is 4.65. The van der Waals surface area contributed by atoms with Gasteiger partial charge in [-0.1, -0.05) is 0 Å². The van der Waals surface area contributed by atoms with E-state index in [1.165, 1.54) is 6.07 Å². The minimum atomic E-state index is -1.01. The molecule has 0 atom stereocenters. The summed E-state index contributed by atoms with van der Waals surface area (Å²) >= 11 is 0. The van der Waals surface area contributed by atoms with Crippen LogP contribution in [0.3, 0.4) is 0 Å². The Bertz CT molecular complexity index is 842. The van der Waals surface area contributed by atoms with Crippen LogP contribution in [0, 0.1) is 18.6 Å². The first-order valence-electron chi connectivity index (χ1n) is 6.25. The number of nitrogens with one attached hydrogen (secondary N) is 1. The molecule has 0 saturated heterocycles. The second-order valence-electron chi connectivity index (χ2n) is 4.65. The van der Waals surface area contributed by atoms with E-state index in [1.54, 1.807) is 22.7 Å². The van der Waals surface area contributed by atoms with Crippen molar-refractivity contribution in [2.24, 2.45) is 0 Å². The Morgan fingerprint density at radius 3 is 2.76 bits per heavy atom. The molecular formula is C15H11F2N3O. The van der Waals surface area contributed by atoms with Crippen LogP contribution in [0.1, 0.15) is 16.1 Å². The first-order valence-corrected chi connectivity index (χ1v) is 6.25. The highest BCUT2D eigenvalue weighted by Crippen LogP contribution is 2.15. The van der Waals surface area contributed by atoms with Crippen molar-refractivity contribution < 1.29 is 13.6 Å². The molecule has 0 spiro atoms. The zero-order valence-corrected chi connectivity index (χ0v) is 11.1. The first-order chi connectivity index (χ1) is 10.0. The number of benzene rings is 1. The molecule has 0 radical (unpaired) electrons. The zero-order chi connectivity index (χ0) is 15.0. The maximum Gasteiger partial charge on any atom is 0.255 e. The average molecular weight is 287 g/mol. The number of carbonyl (C=O) groups is 1. The van der Waals surface area contributed by atoms with Gasteiger partial charge in [-0.2, -0.15) is 0 Å². The minimum absolute atomic E-state index is 0.193. The Hall–Kier alpha value is -2.76. The topological polar surface area (TPSA) is 46.4 Å². The lowest BCUT2D eigenvalue weighted by Crippen LogP contribution is -2.12. The van der Waals surface area contributed by atoms with Gasteiger partial charge in [-0.25, -0.2) is 13.8 Å². The van der Waals surface area contributed by atoms with Crippen LogP contribution in [0.2, 0.25) is 0 Å². The van der Waals surface area contributed by atoms with Gasteiger partial charge >= 0.3 is 0 Å². The number of nitrogens with zero attached hydrogens (tertiary/aromatic N) is 2. The number of halogens is 2. The Labute approximate surface area is 119 Å². The second kappa shape index (κ2) is 4.97. The lowest BCUT2D eigenvalue weighted by atomic mass is 10.2. The molecule has 0 saturated carbocycles. The molecule has 0 bridgehead atoms. The number of amides is 1. The summed E-state index contributed by atoms with van der Waals surface area (Å²) in [6.45, 7) is 1.86. The number of hydrogen-bond donors (Lipinski definition) is 1. The molecule has 0 aliphatic carbocycles. The van der Waals surface area contributed by atoms with Crippen molar-refractivity contribution in [3.63, 3.8) is 0 Å². The van der Waals surface area contributed by atoms with Crippen LogP contribution in [0.5, 0.6) is 0 Å².